The summed E-state index contributed by atoms with van der Waals surface area (Å²) in [6, 6.07) is 12.3. The van der Waals surface area contributed by atoms with Crippen molar-refractivity contribution in [1.82, 2.24) is 10.2 Å². The van der Waals surface area contributed by atoms with Crippen molar-refractivity contribution in [3.63, 3.8) is 0 Å². The third-order valence-corrected chi connectivity index (χ3v) is 6.99. The Balaban J connectivity index is 2.40. The van der Waals surface area contributed by atoms with Crippen LogP contribution in [0.3, 0.4) is 0 Å². The maximum Gasteiger partial charge on any atom is 0.244 e. The lowest BCUT2D eigenvalue weighted by Gasteiger charge is -2.32. The summed E-state index contributed by atoms with van der Waals surface area (Å²) in [6.07, 6.45) is 1.74. The van der Waals surface area contributed by atoms with E-state index in [1.807, 2.05) is 13.8 Å². The smallest absolute Gasteiger partial charge is 0.244 e. The molecule has 0 aliphatic heterocycles. The number of nitrogens with zero attached hydrogens (tertiary/aromatic N) is 2. The second-order valence-corrected chi connectivity index (χ2v) is 10.6. The van der Waals surface area contributed by atoms with Crippen LogP contribution in [-0.2, 0) is 26.2 Å². The highest BCUT2D eigenvalue weighted by Crippen LogP contribution is 2.23. The van der Waals surface area contributed by atoms with Crippen molar-refractivity contribution in [3.05, 3.63) is 64.1 Å². The first-order chi connectivity index (χ1) is 15.4. The van der Waals surface area contributed by atoms with E-state index < -0.39 is 28.5 Å². The van der Waals surface area contributed by atoms with E-state index in [1.54, 1.807) is 49.4 Å². The number of halogens is 2. The van der Waals surface area contributed by atoms with E-state index in [0.717, 1.165) is 17.0 Å². The second-order valence-electron chi connectivity index (χ2n) is 7.86. The second kappa shape index (κ2) is 11.7. The van der Waals surface area contributed by atoms with Crippen molar-refractivity contribution < 1.29 is 18.0 Å². The topological polar surface area (TPSA) is 86.8 Å². The minimum Gasteiger partial charge on any atom is -0.352 e. The van der Waals surface area contributed by atoms with E-state index in [-0.39, 0.29) is 24.2 Å². The van der Waals surface area contributed by atoms with Gasteiger partial charge in [0.15, 0.2) is 0 Å². The summed E-state index contributed by atoms with van der Waals surface area (Å²) in [7, 11) is -3.81. The van der Waals surface area contributed by atoms with Crippen molar-refractivity contribution in [2.45, 2.75) is 45.8 Å². The van der Waals surface area contributed by atoms with Gasteiger partial charge in [0.1, 0.15) is 12.6 Å². The Morgan fingerprint density at radius 3 is 2.30 bits per heavy atom. The van der Waals surface area contributed by atoms with Crippen LogP contribution in [0.5, 0.6) is 0 Å². The van der Waals surface area contributed by atoms with Crippen LogP contribution in [0, 0.1) is 0 Å². The van der Waals surface area contributed by atoms with Gasteiger partial charge in [0, 0.05) is 22.6 Å². The van der Waals surface area contributed by atoms with Gasteiger partial charge in [0.25, 0.3) is 0 Å². The summed E-state index contributed by atoms with van der Waals surface area (Å²) in [5, 5.41) is 3.65. The first-order valence-corrected chi connectivity index (χ1v) is 13.1. The van der Waals surface area contributed by atoms with Gasteiger partial charge in [0.05, 0.1) is 11.9 Å². The maximum atomic E-state index is 13.4. The van der Waals surface area contributed by atoms with Gasteiger partial charge in [-0.1, -0.05) is 54.4 Å². The number of hydrogen-bond donors (Lipinski definition) is 1. The molecule has 0 saturated carbocycles. The molecule has 7 nitrogen and oxygen atoms in total. The van der Waals surface area contributed by atoms with E-state index in [0.29, 0.717) is 15.6 Å². The van der Waals surface area contributed by atoms with Crippen LogP contribution >= 0.6 is 23.2 Å². The molecule has 1 N–H and O–H groups in total. The minimum absolute atomic E-state index is 0.0424. The monoisotopic (exact) mass is 513 g/mol. The molecule has 33 heavy (non-hydrogen) atoms. The quantitative estimate of drug-likeness (QED) is 0.518. The first-order valence-electron chi connectivity index (χ1n) is 10.5. The number of sulfonamides is 1. The Kier molecular flexibility index (Phi) is 9.57. The van der Waals surface area contributed by atoms with Crippen molar-refractivity contribution in [2.24, 2.45) is 0 Å². The van der Waals surface area contributed by atoms with Gasteiger partial charge in [-0.2, -0.15) is 0 Å². The van der Waals surface area contributed by atoms with E-state index in [4.69, 9.17) is 23.2 Å². The van der Waals surface area contributed by atoms with Gasteiger partial charge >= 0.3 is 0 Å². The number of carbonyl (C=O) groups is 2. The lowest BCUT2D eigenvalue weighted by atomic mass is 10.1. The summed E-state index contributed by atoms with van der Waals surface area (Å²) in [4.78, 5) is 27.6. The third kappa shape index (κ3) is 7.62. The number of carbonyl (C=O) groups excluding carboxylic acids is 2. The predicted octanol–water partition coefficient (Wildman–Crippen LogP) is 4.09. The number of rotatable bonds is 10. The lowest BCUT2D eigenvalue weighted by Crippen LogP contribution is -2.52. The fourth-order valence-corrected chi connectivity index (χ4v) is 4.32. The molecule has 0 aliphatic carbocycles. The van der Waals surface area contributed by atoms with E-state index in [2.05, 4.69) is 5.32 Å². The number of benzene rings is 2. The van der Waals surface area contributed by atoms with E-state index >= 15 is 0 Å². The molecule has 0 unspecified atom stereocenters. The molecule has 2 amide bonds. The van der Waals surface area contributed by atoms with Gasteiger partial charge in [0.2, 0.25) is 21.8 Å². The molecule has 0 fully saturated rings. The van der Waals surface area contributed by atoms with Crippen LogP contribution in [-0.4, -0.2) is 50.0 Å². The van der Waals surface area contributed by atoms with Crippen molar-refractivity contribution in [1.29, 1.82) is 0 Å². The molecule has 2 aromatic rings. The zero-order valence-electron chi connectivity index (χ0n) is 19.1. The summed E-state index contributed by atoms with van der Waals surface area (Å²) in [5.74, 6) is -0.884. The molecule has 0 aromatic heterocycles. The lowest BCUT2D eigenvalue weighted by molar-refractivity contribution is -0.139. The van der Waals surface area contributed by atoms with Gasteiger partial charge in [-0.15, -0.1) is 0 Å². The predicted molar refractivity (Wildman–Crippen MR) is 133 cm³/mol. The first kappa shape index (κ1) is 27.0. The highest BCUT2D eigenvalue weighted by molar-refractivity contribution is 7.92. The SMILES string of the molecule is CC[C@@H](C)NC(=O)[C@H](C)N(Cc1ccccc1Cl)C(=O)CN(c1cccc(Cl)c1)S(C)(=O)=O. The van der Waals surface area contributed by atoms with Crippen LogP contribution in [0.2, 0.25) is 10.0 Å². The zero-order chi connectivity index (χ0) is 24.8. The Bertz CT molecular complexity index is 1090. The summed E-state index contributed by atoms with van der Waals surface area (Å²) >= 11 is 12.3. The molecule has 2 atom stereocenters. The average molecular weight is 514 g/mol. The van der Waals surface area contributed by atoms with Crippen LogP contribution in [0.15, 0.2) is 48.5 Å². The van der Waals surface area contributed by atoms with E-state index in [9.17, 15) is 18.0 Å². The zero-order valence-corrected chi connectivity index (χ0v) is 21.4. The molecular formula is C23H29Cl2N3O4S. The number of anilines is 1. The van der Waals surface area contributed by atoms with Crippen LogP contribution in [0.25, 0.3) is 0 Å². The molecule has 0 saturated heterocycles. The maximum absolute atomic E-state index is 13.4. The van der Waals surface area contributed by atoms with Crippen LogP contribution < -0.4 is 9.62 Å². The Hall–Kier alpha value is -2.29. The van der Waals surface area contributed by atoms with Gasteiger partial charge < -0.3 is 10.2 Å². The number of hydrogen-bond acceptors (Lipinski definition) is 4. The van der Waals surface area contributed by atoms with E-state index in [1.165, 1.54) is 11.0 Å². The Morgan fingerprint density at radius 1 is 1.06 bits per heavy atom. The highest BCUT2D eigenvalue weighted by atomic mass is 35.5. The molecule has 0 radical (unpaired) electrons. The third-order valence-electron chi connectivity index (χ3n) is 5.24. The molecule has 180 valence electrons. The van der Waals surface area contributed by atoms with Gasteiger partial charge in [-0.3, -0.25) is 13.9 Å². The molecule has 0 aliphatic rings. The molecule has 0 spiro atoms. The number of nitrogens with one attached hydrogen (secondary N) is 1. The summed E-state index contributed by atoms with van der Waals surface area (Å²) in [5.41, 5.74) is 0.900. The van der Waals surface area contributed by atoms with Crippen LogP contribution in [0.1, 0.15) is 32.8 Å². The fraction of sp³-hybridized carbons (Fsp3) is 0.391. The average Bonchev–Trinajstić information content (AvgIpc) is 2.75. The minimum atomic E-state index is -3.81. The normalized spacial score (nSPS) is 13.2. The molecule has 2 rings (SSSR count). The highest BCUT2D eigenvalue weighted by Gasteiger charge is 2.30. The van der Waals surface area contributed by atoms with Gasteiger partial charge in [-0.05, 0) is 50.1 Å². The Morgan fingerprint density at radius 2 is 1.73 bits per heavy atom. The molecule has 10 heteroatoms. The van der Waals surface area contributed by atoms with Crippen molar-refractivity contribution in [3.8, 4) is 0 Å². The standard InChI is InChI=1S/C23H29Cl2N3O4S/c1-5-16(2)26-23(30)17(3)27(14-18-9-6-7-12-21(18)25)22(29)15-28(33(4,31)32)20-11-8-10-19(24)13-20/h6-13,16-17H,5,14-15H2,1-4H3,(H,26,30)/t16-,17+/m1/s1. The van der Waals surface area contributed by atoms with Crippen molar-refractivity contribution >= 4 is 50.7 Å². The van der Waals surface area contributed by atoms with Crippen LogP contribution in [0.4, 0.5) is 5.69 Å². The fourth-order valence-electron chi connectivity index (χ4n) is 3.10. The number of amides is 2. The molecule has 0 bridgehead atoms. The molecule has 2 aromatic carbocycles. The molecular weight excluding hydrogens is 485 g/mol. The summed E-state index contributed by atoms with van der Waals surface area (Å²) in [6.45, 7) is 4.97. The Labute approximate surface area is 205 Å². The van der Waals surface area contributed by atoms with Crippen molar-refractivity contribution in [2.75, 3.05) is 17.1 Å². The summed E-state index contributed by atoms with van der Waals surface area (Å²) < 4.78 is 26.0. The van der Waals surface area contributed by atoms with Gasteiger partial charge in [-0.25, -0.2) is 8.42 Å². The molecule has 0 heterocycles. The largest absolute Gasteiger partial charge is 0.352 e.